The molecular formula is C13H25N3O5. The van der Waals surface area contributed by atoms with Crippen molar-refractivity contribution in [1.82, 2.24) is 16.0 Å². The number of amides is 2. The van der Waals surface area contributed by atoms with Gasteiger partial charge in [-0.05, 0) is 34.7 Å². The molecular weight excluding hydrogens is 278 g/mol. The van der Waals surface area contributed by atoms with E-state index in [2.05, 4.69) is 16.0 Å². The maximum Gasteiger partial charge on any atom is 0.408 e. The molecule has 3 N–H and O–H groups in total. The number of rotatable bonds is 7. The van der Waals surface area contributed by atoms with Crippen LogP contribution in [0.15, 0.2) is 0 Å². The predicted octanol–water partition coefficient (Wildman–Crippen LogP) is -0.222. The fraction of sp³-hybridized carbons (Fsp3) is 0.769. The van der Waals surface area contributed by atoms with E-state index in [-0.39, 0.29) is 19.7 Å². The van der Waals surface area contributed by atoms with Crippen LogP contribution in [0.3, 0.4) is 0 Å². The third-order valence-corrected chi connectivity index (χ3v) is 2.22. The van der Waals surface area contributed by atoms with Gasteiger partial charge in [-0.25, -0.2) is 4.79 Å². The molecule has 0 aromatic rings. The quantitative estimate of drug-likeness (QED) is 0.561. The number of likely N-dealkylation sites (N-methyl/N-ethyl adjacent to an activating group) is 1. The molecule has 0 unspecified atom stereocenters. The Labute approximate surface area is 124 Å². The molecule has 0 heterocycles. The van der Waals surface area contributed by atoms with Crippen molar-refractivity contribution in [2.45, 2.75) is 39.3 Å². The predicted molar refractivity (Wildman–Crippen MR) is 76.7 cm³/mol. The summed E-state index contributed by atoms with van der Waals surface area (Å²) in [6.45, 7) is 6.99. The zero-order valence-corrected chi connectivity index (χ0v) is 13.2. The molecule has 0 spiro atoms. The number of esters is 1. The van der Waals surface area contributed by atoms with Crippen molar-refractivity contribution in [3.63, 3.8) is 0 Å². The lowest BCUT2D eigenvalue weighted by molar-refractivity contribution is -0.145. The summed E-state index contributed by atoms with van der Waals surface area (Å²) in [5.41, 5.74) is -0.623. The molecule has 8 nitrogen and oxygen atoms in total. The van der Waals surface area contributed by atoms with Crippen LogP contribution in [0.4, 0.5) is 4.79 Å². The molecule has 0 bridgehead atoms. The summed E-state index contributed by atoms with van der Waals surface area (Å²) >= 11 is 0. The van der Waals surface area contributed by atoms with E-state index in [4.69, 9.17) is 9.47 Å². The average molecular weight is 303 g/mol. The summed E-state index contributed by atoms with van der Waals surface area (Å²) in [4.78, 5) is 34.4. The monoisotopic (exact) mass is 303 g/mol. The minimum atomic E-state index is -0.673. The Morgan fingerprint density at radius 1 is 1.14 bits per heavy atom. The van der Waals surface area contributed by atoms with Crippen molar-refractivity contribution in [2.75, 3.05) is 26.7 Å². The van der Waals surface area contributed by atoms with E-state index in [1.54, 1.807) is 34.7 Å². The van der Waals surface area contributed by atoms with Crippen LogP contribution in [0.5, 0.6) is 0 Å². The Morgan fingerprint density at radius 2 is 1.76 bits per heavy atom. The van der Waals surface area contributed by atoms with E-state index in [9.17, 15) is 14.4 Å². The molecule has 1 atom stereocenters. The van der Waals surface area contributed by atoms with E-state index in [1.807, 2.05) is 0 Å². The number of ether oxygens (including phenoxy) is 2. The maximum absolute atomic E-state index is 11.6. The summed E-state index contributed by atoms with van der Waals surface area (Å²) in [5.74, 6) is -0.870. The summed E-state index contributed by atoms with van der Waals surface area (Å²) in [6, 6.07) is -0.629. The normalized spacial score (nSPS) is 12.2. The molecule has 0 rings (SSSR count). The van der Waals surface area contributed by atoms with Gasteiger partial charge in [0.25, 0.3) is 0 Å². The average Bonchev–Trinajstić information content (AvgIpc) is 2.35. The lowest BCUT2D eigenvalue weighted by Gasteiger charge is -2.19. The van der Waals surface area contributed by atoms with Crippen molar-refractivity contribution in [3.8, 4) is 0 Å². The molecule has 0 aliphatic heterocycles. The van der Waals surface area contributed by atoms with Crippen LogP contribution in [0.2, 0.25) is 0 Å². The fourth-order valence-electron chi connectivity index (χ4n) is 1.29. The third kappa shape index (κ3) is 9.67. The highest BCUT2D eigenvalue weighted by molar-refractivity contribution is 5.83. The van der Waals surface area contributed by atoms with E-state index >= 15 is 0 Å². The topological polar surface area (TPSA) is 106 Å². The van der Waals surface area contributed by atoms with Gasteiger partial charge in [-0.15, -0.1) is 0 Å². The van der Waals surface area contributed by atoms with E-state index < -0.39 is 29.6 Å². The van der Waals surface area contributed by atoms with Gasteiger partial charge in [0.1, 0.15) is 11.6 Å². The van der Waals surface area contributed by atoms with Gasteiger partial charge in [0.2, 0.25) is 5.91 Å². The molecule has 0 fully saturated rings. The van der Waals surface area contributed by atoms with Gasteiger partial charge in [0.15, 0.2) is 0 Å². The first kappa shape index (κ1) is 19.2. The Bertz CT molecular complexity index is 365. The molecule has 2 amide bonds. The number of carbonyl (C=O) groups excluding carboxylic acids is 3. The van der Waals surface area contributed by atoms with E-state index in [1.165, 1.54) is 0 Å². The number of alkyl carbamates (subject to hydrolysis) is 1. The van der Waals surface area contributed by atoms with Gasteiger partial charge in [0, 0.05) is 6.54 Å². The number of nitrogens with one attached hydrogen (secondary N) is 3. The minimum absolute atomic E-state index is 0.0736. The molecule has 0 saturated carbocycles. The first-order chi connectivity index (χ1) is 9.69. The van der Waals surface area contributed by atoms with Gasteiger partial charge in [0.05, 0.1) is 13.2 Å². The molecule has 8 heteroatoms. The second-order valence-electron chi connectivity index (χ2n) is 5.25. The highest BCUT2D eigenvalue weighted by Crippen LogP contribution is 2.05. The number of hydrogen-bond donors (Lipinski definition) is 3. The van der Waals surface area contributed by atoms with Crippen LogP contribution in [-0.2, 0) is 19.1 Å². The maximum atomic E-state index is 11.6. The lowest BCUT2D eigenvalue weighted by atomic mass is 10.2. The zero-order valence-electron chi connectivity index (χ0n) is 13.2. The largest absolute Gasteiger partial charge is 0.465 e. The van der Waals surface area contributed by atoms with Gasteiger partial charge in [-0.3, -0.25) is 9.59 Å². The summed E-state index contributed by atoms with van der Waals surface area (Å²) in [6.07, 6.45) is -0.673. The number of hydrogen-bond acceptors (Lipinski definition) is 6. The van der Waals surface area contributed by atoms with Gasteiger partial charge >= 0.3 is 12.1 Å². The number of carbonyl (C=O) groups is 3. The van der Waals surface area contributed by atoms with Crippen molar-refractivity contribution < 1.29 is 23.9 Å². The van der Waals surface area contributed by atoms with Gasteiger partial charge < -0.3 is 25.4 Å². The van der Waals surface area contributed by atoms with E-state index in [0.717, 1.165) is 0 Å². The molecule has 0 radical (unpaired) electrons. The molecule has 21 heavy (non-hydrogen) atoms. The first-order valence-corrected chi connectivity index (χ1v) is 6.77. The van der Waals surface area contributed by atoms with Crippen LogP contribution in [0.1, 0.15) is 27.7 Å². The van der Waals surface area contributed by atoms with Crippen molar-refractivity contribution >= 4 is 18.0 Å². The smallest absolute Gasteiger partial charge is 0.408 e. The summed E-state index contributed by atoms with van der Waals surface area (Å²) in [7, 11) is 1.59. The highest BCUT2D eigenvalue weighted by atomic mass is 16.6. The second-order valence-corrected chi connectivity index (χ2v) is 5.25. The highest BCUT2D eigenvalue weighted by Gasteiger charge is 2.19. The zero-order chi connectivity index (χ0) is 16.5. The van der Waals surface area contributed by atoms with Crippen molar-refractivity contribution in [1.29, 1.82) is 0 Å². The van der Waals surface area contributed by atoms with Crippen LogP contribution < -0.4 is 16.0 Å². The molecule has 0 aliphatic rings. The Kier molecular flexibility index (Phi) is 8.37. The van der Waals surface area contributed by atoms with Crippen LogP contribution in [0, 0.1) is 0 Å². The van der Waals surface area contributed by atoms with Crippen LogP contribution >= 0.6 is 0 Å². The molecule has 0 aromatic heterocycles. The standard InChI is InChI=1S/C13H25N3O5/c1-6-20-11(18)9(14-5)7-15-10(17)8-16-12(19)21-13(2,3)4/h9,14H,6-8H2,1-5H3,(H,15,17)(H,16,19)/t9-/m0/s1. The summed E-state index contributed by atoms with van der Waals surface area (Å²) in [5, 5.41) is 7.58. The second kappa shape index (κ2) is 9.17. The Balaban J connectivity index is 4.04. The third-order valence-electron chi connectivity index (χ3n) is 2.22. The Morgan fingerprint density at radius 3 is 2.24 bits per heavy atom. The van der Waals surface area contributed by atoms with Gasteiger partial charge in [-0.2, -0.15) is 0 Å². The lowest BCUT2D eigenvalue weighted by Crippen LogP contribution is -2.47. The molecule has 0 aliphatic carbocycles. The van der Waals surface area contributed by atoms with Crippen molar-refractivity contribution in [2.24, 2.45) is 0 Å². The molecule has 0 saturated heterocycles. The van der Waals surface area contributed by atoms with E-state index in [0.29, 0.717) is 0 Å². The van der Waals surface area contributed by atoms with Crippen molar-refractivity contribution in [3.05, 3.63) is 0 Å². The fourth-order valence-corrected chi connectivity index (χ4v) is 1.29. The minimum Gasteiger partial charge on any atom is -0.465 e. The Hall–Kier alpha value is -1.83. The molecule has 0 aromatic carbocycles. The first-order valence-electron chi connectivity index (χ1n) is 6.77. The van der Waals surface area contributed by atoms with Crippen LogP contribution in [0.25, 0.3) is 0 Å². The summed E-state index contributed by atoms with van der Waals surface area (Å²) < 4.78 is 9.83. The molecule has 122 valence electrons. The van der Waals surface area contributed by atoms with Gasteiger partial charge in [-0.1, -0.05) is 0 Å². The SMILES string of the molecule is CCOC(=O)[C@H](CNC(=O)CNC(=O)OC(C)(C)C)NC. The van der Waals surface area contributed by atoms with Crippen LogP contribution in [-0.4, -0.2) is 56.4 Å².